The van der Waals surface area contributed by atoms with Crippen LogP contribution in [0.3, 0.4) is 0 Å². The number of nitrogens with one attached hydrogen (secondary N) is 1. The summed E-state index contributed by atoms with van der Waals surface area (Å²) < 4.78 is 22.1. The summed E-state index contributed by atoms with van der Waals surface area (Å²) >= 11 is 5.63. The quantitative estimate of drug-likeness (QED) is 0.641. The topological polar surface area (TPSA) is 42.3 Å². The molecule has 0 aliphatic carbocycles. The first kappa shape index (κ1) is 18.6. The molecule has 2 atom stereocenters. The van der Waals surface area contributed by atoms with Crippen molar-refractivity contribution in [1.82, 2.24) is 14.9 Å². The number of aromatic nitrogens is 2. The fraction of sp³-hybridized carbons (Fsp3) is 0.238. The third-order valence-electron chi connectivity index (χ3n) is 4.91. The zero-order valence-corrected chi connectivity index (χ0v) is 16.3. The van der Waals surface area contributed by atoms with Crippen molar-refractivity contribution >= 4 is 23.0 Å². The first-order chi connectivity index (χ1) is 13.7. The number of nitrogens with zero attached hydrogens (tertiary/aromatic N) is 3. The Bertz CT molecular complexity index is 962. The number of halogens is 1. The molecule has 3 heterocycles. The van der Waals surface area contributed by atoms with E-state index in [9.17, 15) is 4.39 Å². The van der Waals surface area contributed by atoms with E-state index in [1.807, 2.05) is 47.5 Å². The first-order valence-electron chi connectivity index (χ1n) is 9.10. The van der Waals surface area contributed by atoms with Crippen molar-refractivity contribution in [1.29, 1.82) is 0 Å². The lowest BCUT2D eigenvalue weighted by molar-refractivity contribution is 0.186. The van der Waals surface area contributed by atoms with E-state index in [2.05, 4.69) is 14.9 Å². The summed E-state index contributed by atoms with van der Waals surface area (Å²) in [4.78, 5) is 6.37. The number of para-hydroxylation sites is 1. The van der Waals surface area contributed by atoms with E-state index in [0.29, 0.717) is 24.0 Å². The summed E-state index contributed by atoms with van der Waals surface area (Å²) in [7, 11) is 1.68. The number of rotatable bonds is 6. The van der Waals surface area contributed by atoms with Gasteiger partial charge in [0.25, 0.3) is 0 Å². The minimum absolute atomic E-state index is 0.204. The standard InChI is InChI=1S/C21H21FN4OS/c1-27-14-13-25-12-6-10-18(25)20-19(16-8-4-5-11-23-16)24-21(28)26(20)17-9-3-2-7-15(17)22/h2-12,19-20H,13-14H2,1H3,(H,24,28). The van der Waals surface area contributed by atoms with Crippen molar-refractivity contribution in [2.24, 2.45) is 0 Å². The maximum atomic E-state index is 14.7. The van der Waals surface area contributed by atoms with Gasteiger partial charge in [-0.1, -0.05) is 18.2 Å². The molecular weight excluding hydrogens is 375 g/mol. The second-order valence-corrected chi connectivity index (χ2v) is 6.95. The van der Waals surface area contributed by atoms with Crippen LogP contribution in [0.4, 0.5) is 10.1 Å². The van der Waals surface area contributed by atoms with Crippen LogP contribution in [0.15, 0.2) is 67.0 Å². The number of thiocarbonyl (C=S) groups is 1. The average Bonchev–Trinajstić information content (AvgIpc) is 3.31. The Labute approximate surface area is 168 Å². The van der Waals surface area contributed by atoms with E-state index in [1.165, 1.54) is 6.07 Å². The maximum Gasteiger partial charge on any atom is 0.174 e. The van der Waals surface area contributed by atoms with Crippen LogP contribution in [0, 0.1) is 5.82 Å². The molecule has 1 saturated heterocycles. The first-order valence-corrected chi connectivity index (χ1v) is 9.50. The molecule has 0 bridgehead atoms. The molecule has 0 radical (unpaired) electrons. The molecule has 4 rings (SSSR count). The van der Waals surface area contributed by atoms with Crippen molar-refractivity contribution in [3.05, 3.63) is 84.2 Å². The highest BCUT2D eigenvalue weighted by Gasteiger charge is 2.42. The Morgan fingerprint density at radius 3 is 2.71 bits per heavy atom. The summed E-state index contributed by atoms with van der Waals surface area (Å²) in [6.45, 7) is 1.28. The van der Waals surface area contributed by atoms with Crippen molar-refractivity contribution in [3.8, 4) is 0 Å². The Balaban J connectivity index is 1.83. The number of methoxy groups -OCH3 is 1. The fourth-order valence-corrected chi connectivity index (χ4v) is 3.99. The van der Waals surface area contributed by atoms with E-state index in [0.717, 1.165) is 11.4 Å². The van der Waals surface area contributed by atoms with Gasteiger partial charge in [0.15, 0.2) is 5.11 Å². The average molecular weight is 396 g/mol. The number of hydrogen-bond acceptors (Lipinski definition) is 3. The summed E-state index contributed by atoms with van der Waals surface area (Å²) in [6, 6.07) is 16.1. The van der Waals surface area contributed by atoms with E-state index in [1.54, 1.807) is 25.4 Å². The third kappa shape index (κ3) is 3.39. The molecule has 2 unspecified atom stereocenters. The van der Waals surface area contributed by atoms with Gasteiger partial charge in [-0.25, -0.2) is 4.39 Å². The van der Waals surface area contributed by atoms with Crippen molar-refractivity contribution < 1.29 is 9.13 Å². The van der Waals surface area contributed by atoms with Crippen LogP contribution >= 0.6 is 12.2 Å². The summed E-state index contributed by atoms with van der Waals surface area (Å²) in [5.41, 5.74) is 2.32. The molecule has 5 nitrogen and oxygen atoms in total. The smallest absolute Gasteiger partial charge is 0.174 e. The zero-order valence-electron chi connectivity index (χ0n) is 15.5. The van der Waals surface area contributed by atoms with Crippen molar-refractivity contribution in [3.63, 3.8) is 0 Å². The second-order valence-electron chi connectivity index (χ2n) is 6.57. The van der Waals surface area contributed by atoms with Crippen LogP contribution in [-0.2, 0) is 11.3 Å². The fourth-order valence-electron chi connectivity index (χ4n) is 3.65. The molecule has 1 aliphatic heterocycles. The summed E-state index contributed by atoms with van der Waals surface area (Å²) in [6.07, 6.45) is 3.76. The van der Waals surface area contributed by atoms with Crippen LogP contribution in [-0.4, -0.2) is 28.4 Å². The van der Waals surface area contributed by atoms with Crippen LogP contribution in [0.25, 0.3) is 0 Å². The predicted molar refractivity (Wildman–Crippen MR) is 111 cm³/mol. The predicted octanol–water partition coefficient (Wildman–Crippen LogP) is 3.85. The Hall–Kier alpha value is -2.77. The number of anilines is 1. The molecule has 28 heavy (non-hydrogen) atoms. The van der Waals surface area contributed by atoms with Gasteiger partial charge in [0, 0.05) is 31.7 Å². The largest absolute Gasteiger partial charge is 0.383 e. The molecule has 7 heteroatoms. The summed E-state index contributed by atoms with van der Waals surface area (Å²) in [5.74, 6) is -0.312. The van der Waals surface area contributed by atoms with Gasteiger partial charge in [-0.05, 0) is 48.6 Å². The van der Waals surface area contributed by atoms with E-state index in [4.69, 9.17) is 17.0 Å². The molecule has 0 spiro atoms. The van der Waals surface area contributed by atoms with Gasteiger partial charge in [0.2, 0.25) is 0 Å². The van der Waals surface area contributed by atoms with Crippen LogP contribution in [0.1, 0.15) is 23.5 Å². The van der Waals surface area contributed by atoms with Crippen molar-refractivity contribution in [2.75, 3.05) is 18.6 Å². The molecule has 0 amide bonds. The van der Waals surface area contributed by atoms with E-state index in [-0.39, 0.29) is 17.9 Å². The molecule has 0 saturated carbocycles. The van der Waals surface area contributed by atoms with Gasteiger partial charge >= 0.3 is 0 Å². The van der Waals surface area contributed by atoms with Gasteiger partial charge in [-0.3, -0.25) is 4.98 Å². The lowest BCUT2D eigenvalue weighted by atomic mass is 10.0. The van der Waals surface area contributed by atoms with E-state index < -0.39 is 0 Å². The minimum Gasteiger partial charge on any atom is -0.383 e. The van der Waals surface area contributed by atoms with Gasteiger partial charge in [-0.15, -0.1) is 0 Å². The molecule has 1 aliphatic rings. The van der Waals surface area contributed by atoms with Gasteiger partial charge in [-0.2, -0.15) is 0 Å². The van der Waals surface area contributed by atoms with Crippen LogP contribution < -0.4 is 10.2 Å². The molecular formula is C21H21FN4OS. The lowest BCUT2D eigenvalue weighted by Crippen LogP contribution is -2.31. The van der Waals surface area contributed by atoms with Gasteiger partial charge in [0.1, 0.15) is 11.9 Å². The minimum atomic E-state index is -0.312. The Morgan fingerprint density at radius 1 is 1.14 bits per heavy atom. The van der Waals surface area contributed by atoms with Crippen LogP contribution in [0.2, 0.25) is 0 Å². The Morgan fingerprint density at radius 2 is 1.96 bits per heavy atom. The molecule has 1 fully saturated rings. The SMILES string of the molecule is COCCn1cccc1C1C(c2ccccn2)NC(=S)N1c1ccccc1F. The highest BCUT2D eigenvalue weighted by Crippen LogP contribution is 2.42. The van der Waals surface area contributed by atoms with Crippen molar-refractivity contribution in [2.45, 2.75) is 18.6 Å². The number of ether oxygens (including phenoxy) is 1. The number of hydrogen-bond donors (Lipinski definition) is 1. The Kier molecular flexibility index (Phi) is 5.36. The monoisotopic (exact) mass is 396 g/mol. The molecule has 1 N–H and O–H groups in total. The highest BCUT2D eigenvalue weighted by molar-refractivity contribution is 7.80. The summed E-state index contributed by atoms with van der Waals surface area (Å²) in [5, 5.41) is 3.83. The molecule has 1 aromatic carbocycles. The highest BCUT2D eigenvalue weighted by atomic mass is 32.1. The number of pyridine rings is 1. The molecule has 3 aromatic rings. The van der Waals surface area contributed by atoms with Gasteiger partial charge in [0.05, 0.1) is 24.0 Å². The van der Waals surface area contributed by atoms with Crippen LogP contribution in [0.5, 0.6) is 0 Å². The second kappa shape index (κ2) is 8.08. The molecule has 2 aromatic heterocycles. The third-order valence-corrected chi connectivity index (χ3v) is 5.23. The van der Waals surface area contributed by atoms with Gasteiger partial charge < -0.3 is 19.5 Å². The lowest BCUT2D eigenvalue weighted by Gasteiger charge is -2.29. The normalized spacial score (nSPS) is 19.1. The maximum absolute atomic E-state index is 14.7. The number of benzene rings is 1. The van der Waals surface area contributed by atoms with E-state index >= 15 is 0 Å². The molecule has 144 valence electrons. The zero-order chi connectivity index (χ0) is 19.5.